The van der Waals surface area contributed by atoms with Gasteiger partial charge in [-0.05, 0) is 48.4 Å². The molecular weight excluding hydrogens is 897 g/mol. The summed E-state index contributed by atoms with van der Waals surface area (Å²) >= 11 is 0. The minimum Gasteiger partial charge on any atom is -0.545 e. The van der Waals surface area contributed by atoms with Crippen LogP contribution in [0.4, 0.5) is 11.5 Å². The highest BCUT2D eigenvalue weighted by atomic mass is 31.3. The lowest BCUT2D eigenvalue weighted by Crippen LogP contribution is -2.86. The lowest BCUT2D eigenvalue weighted by atomic mass is 9.83. The van der Waals surface area contributed by atoms with Gasteiger partial charge in [0.15, 0.2) is 6.23 Å². The molecule has 3 aromatic rings. The number of aromatic carboxylic acids is 1. The fourth-order valence-electron chi connectivity index (χ4n) is 6.83. The Bertz CT molecular complexity index is 2680. The molecule has 7 atom stereocenters. The molecule has 0 spiro atoms. The summed E-state index contributed by atoms with van der Waals surface area (Å²) in [6.07, 6.45) is 0.462. The van der Waals surface area contributed by atoms with Gasteiger partial charge in [0.25, 0.3) is 5.91 Å². The quantitative estimate of drug-likeness (QED) is 0.0789. The Morgan fingerprint density at radius 1 is 1.05 bits per heavy atom. The van der Waals surface area contributed by atoms with Crippen molar-refractivity contribution in [1.82, 2.24) is 14.9 Å². The molecule has 0 saturated carbocycles. The summed E-state index contributed by atoms with van der Waals surface area (Å²) in [6, 6.07) is 9.63. The molecule has 24 nitrogen and oxygen atoms in total. The van der Waals surface area contributed by atoms with E-state index in [9.17, 15) is 53.2 Å². The SMILES string of the molecule is CNc1ccc2c(c1)OC1=CC([NH2+]C)C(C)=CC1=C2c1ccc(C(=O)NC/C=C/c2cn(C3OC(COP(=O)(O)OP(=O)(O)OP(=O)(O)O)C(O)C3O)c(=O)nc2N)cc1C(=O)[O-]. The number of carboxylic acids is 1. The number of nitrogens with zero attached hydrogens (tertiary/aromatic N) is 2. The van der Waals surface area contributed by atoms with Crippen molar-refractivity contribution in [3.63, 3.8) is 0 Å². The van der Waals surface area contributed by atoms with Crippen molar-refractivity contribution in [1.29, 1.82) is 0 Å². The van der Waals surface area contributed by atoms with Crippen LogP contribution < -0.4 is 37.2 Å². The van der Waals surface area contributed by atoms with Crippen molar-refractivity contribution in [2.24, 2.45) is 0 Å². The number of aromatic nitrogens is 2. The van der Waals surface area contributed by atoms with Gasteiger partial charge < -0.3 is 70.8 Å². The highest BCUT2D eigenvalue weighted by molar-refractivity contribution is 7.66. The van der Waals surface area contributed by atoms with Crippen LogP contribution in [0.25, 0.3) is 11.6 Å². The third kappa shape index (κ3) is 10.8. The maximum Gasteiger partial charge on any atom is 0.490 e. The van der Waals surface area contributed by atoms with Crippen molar-refractivity contribution >= 4 is 58.5 Å². The second kappa shape index (κ2) is 18.5. The molecule has 27 heteroatoms. The summed E-state index contributed by atoms with van der Waals surface area (Å²) in [5.41, 5.74) is 8.58. The molecule has 0 bridgehead atoms. The van der Waals surface area contributed by atoms with E-state index in [0.717, 1.165) is 17.5 Å². The van der Waals surface area contributed by atoms with Crippen LogP contribution in [0.3, 0.4) is 0 Å². The van der Waals surface area contributed by atoms with Crippen molar-refractivity contribution in [3.05, 3.63) is 116 Å². The molecule has 0 radical (unpaired) electrons. The van der Waals surface area contributed by atoms with E-state index in [1.54, 1.807) is 13.1 Å². The first-order valence-corrected chi connectivity index (χ1v) is 23.0. The molecule has 63 heavy (non-hydrogen) atoms. The van der Waals surface area contributed by atoms with E-state index in [1.165, 1.54) is 30.4 Å². The zero-order valence-corrected chi connectivity index (χ0v) is 35.8. The van der Waals surface area contributed by atoms with E-state index < -0.39 is 72.2 Å². The normalized spacial score (nSPS) is 22.8. The number of anilines is 2. The number of carbonyl (C=O) groups excluding carboxylic acids is 2. The summed E-state index contributed by atoms with van der Waals surface area (Å²) in [6.45, 7) is 0.661. The molecule has 2 aromatic carbocycles. The highest BCUT2D eigenvalue weighted by Crippen LogP contribution is 2.66. The number of hydrogen-bond acceptors (Lipinski definition) is 17. The molecule has 12 N–H and O–H groups in total. The van der Waals surface area contributed by atoms with E-state index in [4.69, 9.17) is 25.0 Å². The average molecular weight is 939 g/mol. The van der Waals surface area contributed by atoms with Gasteiger partial charge >= 0.3 is 29.2 Å². The molecule has 1 fully saturated rings. The van der Waals surface area contributed by atoms with Gasteiger partial charge in [-0.3, -0.25) is 13.9 Å². The first-order chi connectivity index (χ1) is 29.5. The van der Waals surface area contributed by atoms with Gasteiger partial charge in [-0.25, -0.2) is 18.5 Å². The van der Waals surface area contributed by atoms with Crippen LogP contribution in [-0.4, -0.2) is 103 Å². The van der Waals surface area contributed by atoms with Gasteiger partial charge in [0, 0.05) is 71.0 Å². The van der Waals surface area contributed by atoms with E-state index >= 15 is 0 Å². The molecule has 1 aromatic heterocycles. The lowest BCUT2D eigenvalue weighted by Gasteiger charge is -2.30. The monoisotopic (exact) mass is 938 g/mol. The number of likely N-dealkylation sites (N-methyl/N-ethyl adjacent to an activating group) is 1. The standard InChI is InChI=1S/C36H41N6O18P3/c1-17-11-24-27(14-25(17)39-3)57-26-13-20(38-2)7-9-22(26)29(24)21-8-6-18(12-23(21)35(46)47)33(45)40-10-4-5-19-15-42(36(48)41-32(19)37)34-31(44)30(43)28(58-34)16-56-62(52,53)60-63(54,55)59-61(49,50)51/h4-9,11-15,25,28,30-31,34,38-39,43-44H,10,16H2,1-3H3,(H,40,45)(H,46,47)(H,52,53)(H,54,55)(H2,37,41,48)(H2,49,50,51)/b5-4+. The van der Waals surface area contributed by atoms with Crippen LogP contribution in [-0.2, 0) is 31.6 Å². The van der Waals surface area contributed by atoms with Crippen molar-refractivity contribution in [3.8, 4) is 5.75 Å². The predicted octanol–water partition coefficient (Wildman–Crippen LogP) is -0.764. The Labute approximate surface area is 356 Å². The predicted molar refractivity (Wildman–Crippen MR) is 217 cm³/mol. The summed E-state index contributed by atoms with van der Waals surface area (Å²) in [7, 11) is -13.5. The zero-order chi connectivity index (χ0) is 46.2. The number of nitrogens with two attached hydrogens (primary N) is 2. The number of benzene rings is 2. The Balaban J connectivity index is 1.16. The molecule has 1 aliphatic carbocycles. The minimum absolute atomic E-state index is 0.00790. The number of phosphoric acid groups is 3. The average Bonchev–Trinajstić information content (AvgIpc) is 3.48. The van der Waals surface area contributed by atoms with Crippen molar-refractivity contribution in [2.45, 2.75) is 37.5 Å². The number of allylic oxidation sites excluding steroid dienone is 1. The van der Waals surface area contributed by atoms with Crippen LogP contribution in [0.5, 0.6) is 5.75 Å². The molecule has 6 rings (SSSR count). The van der Waals surface area contributed by atoms with Gasteiger partial charge in [0.2, 0.25) is 0 Å². The molecule has 1 saturated heterocycles. The summed E-state index contributed by atoms with van der Waals surface area (Å²) in [4.78, 5) is 78.9. The maximum absolute atomic E-state index is 13.3. The third-order valence-electron chi connectivity index (χ3n) is 9.77. The second-order valence-corrected chi connectivity index (χ2v) is 18.4. The number of rotatable bonds is 16. The fraction of sp³-hybridized carbons (Fsp3) is 0.278. The van der Waals surface area contributed by atoms with E-state index in [0.29, 0.717) is 38.3 Å². The fourth-order valence-corrected chi connectivity index (χ4v) is 9.86. The molecule has 1 amide bonds. The molecule has 338 valence electrons. The van der Waals surface area contributed by atoms with Gasteiger partial charge in [0.05, 0.1) is 19.6 Å². The number of ether oxygens (including phenoxy) is 2. The Morgan fingerprint density at radius 2 is 1.76 bits per heavy atom. The maximum atomic E-state index is 13.3. The zero-order valence-electron chi connectivity index (χ0n) is 33.1. The van der Waals surface area contributed by atoms with Crippen LogP contribution >= 0.6 is 23.5 Å². The van der Waals surface area contributed by atoms with Crippen LogP contribution in [0.2, 0.25) is 0 Å². The number of aliphatic hydroxyl groups is 2. The number of amides is 1. The number of quaternary nitrogens is 1. The van der Waals surface area contributed by atoms with Gasteiger partial charge in [0.1, 0.15) is 41.7 Å². The summed E-state index contributed by atoms with van der Waals surface area (Å²) in [5, 5.41) is 41.5. The van der Waals surface area contributed by atoms with Crippen molar-refractivity contribution < 1.29 is 86.1 Å². The Hall–Kier alpha value is -5.13. The summed E-state index contributed by atoms with van der Waals surface area (Å²) in [5.74, 6) is -1.45. The molecule has 3 heterocycles. The minimum atomic E-state index is -5.85. The second-order valence-electron chi connectivity index (χ2n) is 14.0. The molecular formula is C36H41N6O18P3. The van der Waals surface area contributed by atoms with Crippen molar-refractivity contribution in [2.75, 3.05) is 38.3 Å². The number of aliphatic hydroxyl groups excluding tert-OH is 2. The van der Waals surface area contributed by atoms with E-state index in [1.807, 2.05) is 43.6 Å². The number of nitrogen functional groups attached to an aromatic ring is 1. The summed E-state index contributed by atoms with van der Waals surface area (Å²) < 4.78 is 58.8. The number of phosphoric ester groups is 1. The first kappa shape index (κ1) is 47.4. The Morgan fingerprint density at radius 3 is 2.43 bits per heavy atom. The molecule has 2 aliphatic heterocycles. The highest BCUT2D eigenvalue weighted by Gasteiger charge is 2.47. The molecule has 3 aliphatic rings. The number of nitrogens with one attached hydrogen (secondary N) is 2. The lowest BCUT2D eigenvalue weighted by molar-refractivity contribution is -0.644. The van der Waals surface area contributed by atoms with Gasteiger partial charge in [-0.2, -0.15) is 13.6 Å². The van der Waals surface area contributed by atoms with Gasteiger partial charge in [-0.1, -0.05) is 18.2 Å². The topological polar surface area (TPSA) is 378 Å². The largest absolute Gasteiger partial charge is 0.545 e. The smallest absolute Gasteiger partial charge is 0.490 e. The van der Waals surface area contributed by atoms with Crippen LogP contribution in [0.1, 0.15) is 50.6 Å². The van der Waals surface area contributed by atoms with Gasteiger partial charge in [-0.15, -0.1) is 0 Å². The van der Waals surface area contributed by atoms with Crippen LogP contribution in [0.15, 0.2) is 82.5 Å². The number of carbonyl (C=O) groups is 2. The Kier molecular flexibility index (Phi) is 13.9. The number of fused-ring (bicyclic) bond motifs is 2. The van der Waals surface area contributed by atoms with Crippen LogP contribution in [0, 0.1) is 0 Å². The van der Waals surface area contributed by atoms with E-state index in [2.05, 4.69) is 28.8 Å². The van der Waals surface area contributed by atoms with E-state index in [-0.39, 0.29) is 35.1 Å². The first-order valence-electron chi connectivity index (χ1n) is 18.4. The third-order valence-corrected chi connectivity index (χ3v) is 13.6. The number of hydrogen-bond donors (Lipinski definition) is 10. The molecule has 7 unspecified atom stereocenters. The number of carboxylic acid groups (broad SMARTS) is 1.